The second-order valence-corrected chi connectivity index (χ2v) is 5.72. The molecule has 116 valence electrons. The van der Waals surface area contributed by atoms with Crippen molar-refractivity contribution in [2.45, 2.75) is 31.3 Å². The van der Waals surface area contributed by atoms with Crippen molar-refractivity contribution in [1.29, 1.82) is 0 Å². The molecule has 0 unspecified atom stereocenters. The molecular weight excluding hydrogens is 300 g/mol. The molecule has 0 saturated carbocycles. The van der Waals surface area contributed by atoms with E-state index in [0.717, 1.165) is 24.1 Å². The molecule has 0 atom stereocenters. The number of carboxylic acid groups (broad SMARTS) is 1. The third-order valence-corrected chi connectivity index (χ3v) is 3.92. The number of hydrogen-bond donors (Lipinski definition) is 2. The molecule has 1 aromatic carbocycles. The lowest BCUT2D eigenvalue weighted by atomic mass is 10.0. The number of benzene rings is 1. The van der Waals surface area contributed by atoms with Gasteiger partial charge < -0.3 is 10.1 Å². The number of aromatic nitrogens is 2. The van der Waals surface area contributed by atoms with Crippen molar-refractivity contribution in [3.8, 4) is 0 Å². The molecule has 0 fully saturated rings. The van der Waals surface area contributed by atoms with E-state index >= 15 is 0 Å². The summed E-state index contributed by atoms with van der Waals surface area (Å²) >= 11 is 1.41. The van der Waals surface area contributed by atoms with Crippen molar-refractivity contribution in [2.24, 2.45) is 0 Å². The lowest BCUT2D eigenvalue weighted by Crippen LogP contribution is -2.19. The molecule has 6 heteroatoms. The largest absolute Gasteiger partial charge is 0.478 e. The van der Waals surface area contributed by atoms with Crippen molar-refractivity contribution >= 4 is 17.7 Å². The van der Waals surface area contributed by atoms with E-state index in [1.165, 1.54) is 11.8 Å². The number of aryl methyl sites for hydroxylation is 1. The van der Waals surface area contributed by atoms with Gasteiger partial charge >= 0.3 is 5.97 Å². The molecule has 1 aromatic heterocycles. The summed E-state index contributed by atoms with van der Waals surface area (Å²) in [6, 6.07) is 6.58. The first-order valence-electron chi connectivity index (χ1n) is 7.03. The van der Waals surface area contributed by atoms with Crippen LogP contribution in [-0.2, 0) is 12.8 Å². The highest BCUT2D eigenvalue weighted by Gasteiger charge is 2.12. The second-order valence-electron chi connectivity index (χ2n) is 4.93. The van der Waals surface area contributed by atoms with Crippen LogP contribution in [0.3, 0.4) is 0 Å². The van der Waals surface area contributed by atoms with Crippen molar-refractivity contribution in [2.75, 3.05) is 6.26 Å². The van der Waals surface area contributed by atoms with Gasteiger partial charge in [-0.1, -0.05) is 37.2 Å². The topological polar surface area (TPSA) is 83.0 Å². The number of carbonyl (C=O) groups is 1. The van der Waals surface area contributed by atoms with Crippen LogP contribution in [0, 0.1) is 0 Å². The molecule has 0 amide bonds. The van der Waals surface area contributed by atoms with Gasteiger partial charge in [0.2, 0.25) is 0 Å². The average molecular weight is 318 g/mol. The molecule has 0 saturated heterocycles. The Morgan fingerprint density at radius 3 is 2.55 bits per heavy atom. The van der Waals surface area contributed by atoms with Gasteiger partial charge in [0.1, 0.15) is 0 Å². The molecule has 2 aromatic rings. The van der Waals surface area contributed by atoms with Crippen LogP contribution in [0.15, 0.2) is 34.2 Å². The van der Waals surface area contributed by atoms with E-state index in [9.17, 15) is 9.59 Å². The summed E-state index contributed by atoms with van der Waals surface area (Å²) in [6.07, 6.45) is 3.99. The third kappa shape index (κ3) is 3.76. The molecule has 2 N–H and O–H groups in total. The molecule has 0 aliphatic carbocycles. The second kappa shape index (κ2) is 7.26. The lowest BCUT2D eigenvalue weighted by molar-refractivity contribution is 0.0697. The van der Waals surface area contributed by atoms with E-state index in [1.54, 1.807) is 24.3 Å². The molecule has 22 heavy (non-hydrogen) atoms. The van der Waals surface area contributed by atoms with Crippen LogP contribution in [0.2, 0.25) is 0 Å². The van der Waals surface area contributed by atoms with Crippen molar-refractivity contribution < 1.29 is 9.90 Å². The van der Waals surface area contributed by atoms with Gasteiger partial charge in [-0.25, -0.2) is 9.78 Å². The highest BCUT2D eigenvalue weighted by molar-refractivity contribution is 7.98. The maximum atomic E-state index is 12.3. The highest BCUT2D eigenvalue weighted by Crippen LogP contribution is 2.15. The molecular formula is C16H18N2O3S. The Labute approximate surface area is 132 Å². The molecule has 2 rings (SSSR count). The Bertz CT molecular complexity index is 723. The van der Waals surface area contributed by atoms with Gasteiger partial charge in [0.15, 0.2) is 5.16 Å². The van der Waals surface area contributed by atoms with Gasteiger partial charge in [-0.3, -0.25) is 4.79 Å². The molecule has 0 bridgehead atoms. The summed E-state index contributed by atoms with van der Waals surface area (Å²) in [4.78, 5) is 30.4. The van der Waals surface area contributed by atoms with Crippen LogP contribution < -0.4 is 5.56 Å². The molecule has 0 aliphatic rings. The molecule has 5 nitrogen and oxygen atoms in total. The SMILES string of the molecule is CCCc1nc(SC)[nH]c(=O)c1Cc1ccc(C(=O)O)cc1. The highest BCUT2D eigenvalue weighted by atomic mass is 32.2. The first-order valence-corrected chi connectivity index (χ1v) is 8.26. The van der Waals surface area contributed by atoms with Crippen LogP contribution in [0.1, 0.15) is 40.5 Å². The monoisotopic (exact) mass is 318 g/mol. The molecule has 0 radical (unpaired) electrons. The fourth-order valence-electron chi connectivity index (χ4n) is 2.21. The summed E-state index contributed by atoms with van der Waals surface area (Å²) in [7, 11) is 0. The first kappa shape index (κ1) is 16.3. The number of rotatable bonds is 6. The zero-order valence-corrected chi connectivity index (χ0v) is 13.4. The predicted molar refractivity (Wildman–Crippen MR) is 86.8 cm³/mol. The third-order valence-electron chi connectivity index (χ3n) is 3.34. The number of H-pyrrole nitrogens is 1. The molecule has 0 spiro atoms. The number of aromatic amines is 1. The van der Waals surface area contributed by atoms with Gasteiger partial charge in [0.05, 0.1) is 11.3 Å². The number of nitrogens with zero attached hydrogens (tertiary/aromatic N) is 1. The van der Waals surface area contributed by atoms with E-state index in [0.29, 0.717) is 17.1 Å². The van der Waals surface area contributed by atoms with Crippen molar-refractivity contribution in [3.63, 3.8) is 0 Å². The minimum absolute atomic E-state index is 0.120. The van der Waals surface area contributed by atoms with Crippen LogP contribution in [0.25, 0.3) is 0 Å². The number of thioether (sulfide) groups is 1. The first-order chi connectivity index (χ1) is 10.5. The fraction of sp³-hybridized carbons (Fsp3) is 0.312. The normalized spacial score (nSPS) is 10.6. The van der Waals surface area contributed by atoms with Gasteiger partial charge in [-0.15, -0.1) is 0 Å². The van der Waals surface area contributed by atoms with Gasteiger partial charge in [-0.2, -0.15) is 0 Å². The fourth-order valence-corrected chi connectivity index (χ4v) is 2.61. The molecule has 0 aliphatic heterocycles. The van der Waals surface area contributed by atoms with Gasteiger partial charge in [0, 0.05) is 12.0 Å². The maximum Gasteiger partial charge on any atom is 0.335 e. The predicted octanol–water partition coefficient (Wildman–Crippen LogP) is 2.73. The van der Waals surface area contributed by atoms with E-state index in [2.05, 4.69) is 9.97 Å². The van der Waals surface area contributed by atoms with Crippen LogP contribution in [0.4, 0.5) is 0 Å². The van der Waals surface area contributed by atoms with Crippen LogP contribution >= 0.6 is 11.8 Å². The van der Waals surface area contributed by atoms with Crippen LogP contribution in [-0.4, -0.2) is 27.3 Å². The minimum atomic E-state index is -0.956. The van der Waals surface area contributed by atoms with Gasteiger partial charge in [0.25, 0.3) is 5.56 Å². The standard InChI is InChI=1S/C16H18N2O3S/c1-3-4-13-12(14(19)18-16(17-13)22-2)9-10-5-7-11(8-6-10)15(20)21/h5-8H,3-4,9H2,1-2H3,(H,20,21)(H,17,18,19). The zero-order valence-electron chi connectivity index (χ0n) is 12.5. The zero-order chi connectivity index (χ0) is 16.1. The lowest BCUT2D eigenvalue weighted by Gasteiger charge is -2.09. The van der Waals surface area contributed by atoms with E-state index in [1.807, 2.05) is 13.2 Å². The van der Waals surface area contributed by atoms with E-state index < -0.39 is 5.97 Å². The number of hydrogen-bond acceptors (Lipinski definition) is 4. The van der Waals surface area contributed by atoms with Crippen LogP contribution in [0.5, 0.6) is 0 Å². The Morgan fingerprint density at radius 1 is 1.32 bits per heavy atom. The Kier molecular flexibility index (Phi) is 5.38. The van der Waals surface area contributed by atoms with Crippen molar-refractivity contribution in [1.82, 2.24) is 9.97 Å². The average Bonchev–Trinajstić information content (AvgIpc) is 2.51. The summed E-state index contributed by atoms with van der Waals surface area (Å²) in [5.74, 6) is -0.956. The summed E-state index contributed by atoms with van der Waals surface area (Å²) in [5, 5.41) is 9.54. The van der Waals surface area contributed by atoms with E-state index in [4.69, 9.17) is 5.11 Å². The Hall–Kier alpha value is -2.08. The molecule has 1 heterocycles. The smallest absolute Gasteiger partial charge is 0.335 e. The number of nitrogens with one attached hydrogen (secondary N) is 1. The Morgan fingerprint density at radius 2 is 2.00 bits per heavy atom. The van der Waals surface area contributed by atoms with Gasteiger partial charge in [-0.05, 0) is 30.4 Å². The summed E-state index contributed by atoms with van der Waals surface area (Å²) in [6.45, 7) is 2.05. The number of aromatic carboxylic acids is 1. The van der Waals surface area contributed by atoms with E-state index in [-0.39, 0.29) is 11.1 Å². The summed E-state index contributed by atoms with van der Waals surface area (Å²) in [5.41, 5.74) is 2.49. The maximum absolute atomic E-state index is 12.3. The Balaban J connectivity index is 2.35. The van der Waals surface area contributed by atoms with Crippen molar-refractivity contribution in [3.05, 3.63) is 57.0 Å². The summed E-state index contributed by atoms with van der Waals surface area (Å²) < 4.78 is 0. The number of carboxylic acids is 1. The quantitative estimate of drug-likeness (QED) is 0.632. The minimum Gasteiger partial charge on any atom is -0.478 e.